The van der Waals surface area contributed by atoms with E-state index in [1.807, 2.05) is 12.3 Å². The van der Waals surface area contributed by atoms with E-state index in [1.165, 1.54) is 54.0 Å². The average Bonchev–Trinajstić information content (AvgIpc) is 3.12. The van der Waals surface area contributed by atoms with Crippen molar-refractivity contribution in [1.29, 1.82) is 0 Å². The van der Waals surface area contributed by atoms with Gasteiger partial charge < -0.3 is 4.40 Å². The molecule has 2 heterocycles. The molecule has 4 aromatic rings. The Labute approximate surface area is 155 Å². The molecule has 1 saturated carbocycles. The minimum Gasteiger partial charge on any atom is -0.340 e. The molecule has 123 valence electrons. The van der Waals surface area contributed by atoms with Crippen molar-refractivity contribution < 1.29 is 20.1 Å². The van der Waals surface area contributed by atoms with E-state index in [1.54, 1.807) is 0 Å². The van der Waals surface area contributed by atoms with E-state index in [0.717, 1.165) is 17.0 Å². The summed E-state index contributed by atoms with van der Waals surface area (Å²) in [6.07, 6.45) is 10.8. The van der Waals surface area contributed by atoms with Gasteiger partial charge in [0.1, 0.15) is 0 Å². The normalized spacial score (nSPS) is 15.8. The Morgan fingerprint density at radius 2 is 1.92 bits per heavy atom. The topological polar surface area (TPSA) is 17.3 Å². The molecule has 0 atom stereocenters. The van der Waals surface area contributed by atoms with Crippen LogP contribution in [0.2, 0.25) is 0 Å². The predicted octanol–water partition coefficient (Wildman–Crippen LogP) is 5.49. The standard InChI is InChI=1S/C21H19N2.Ir/c1-2-6-15(7-3-1)16-10-11-20-19(14-16)17-8-4-5-9-18(17)21-22-12-13-23(20)21;/h4-5,8,10-15H,1-3,6-7H2;/q-1;. The van der Waals surface area contributed by atoms with Crippen LogP contribution in [0.1, 0.15) is 43.6 Å². The molecule has 0 spiro atoms. The third kappa shape index (κ3) is 2.39. The van der Waals surface area contributed by atoms with Crippen molar-refractivity contribution in [3.05, 3.63) is 60.4 Å². The third-order valence-corrected chi connectivity index (χ3v) is 5.37. The van der Waals surface area contributed by atoms with Gasteiger partial charge in [0.15, 0.2) is 0 Å². The van der Waals surface area contributed by atoms with Gasteiger partial charge in [-0.25, -0.2) is 0 Å². The van der Waals surface area contributed by atoms with Crippen molar-refractivity contribution in [3.63, 3.8) is 0 Å². The van der Waals surface area contributed by atoms with E-state index in [9.17, 15) is 0 Å². The Morgan fingerprint density at radius 3 is 2.79 bits per heavy atom. The second-order valence-electron chi connectivity index (χ2n) is 6.69. The molecule has 0 unspecified atom stereocenters. The van der Waals surface area contributed by atoms with Crippen molar-refractivity contribution in [2.24, 2.45) is 0 Å². The minimum atomic E-state index is 0. The summed E-state index contributed by atoms with van der Waals surface area (Å²) >= 11 is 0. The van der Waals surface area contributed by atoms with E-state index in [4.69, 9.17) is 0 Å². The van der Waals surface area contributed by atoms with Crippen LogP contribution in [0.5, 0.6) is 0 Å². The summed E-state index contributed by atoms with van der Waals surface area (Å²) < 4.78 is 2.19. The van der Waals surface area contributed by atoms with Gasteiger partial charge in [0, 0.05) is 38.0 Å². The number of hydrogen-bond acceptors (Lipinski definition) is 1. The maximum Gasteiger partial charge on any atom is 0.0608 e. The van der Waals surface area contributed by atoms with Gasteiger partial charge in [0.05, 0.1) is 5.65 Å². The van der Waals surface area contributed by atoms with E-state index >= 15 is 0 Å². The zero-order valence-electron chi connectivity index (χ0n) is 13.5. The van der Waals surface area contributed by atoms with Gasteiger partial charge >= 0.3 is 0 Å². The molecular formula is C21H19IrN2-. The maximum atomic E-state index is 4.54. The van der Waals surface area contributed by atoms with Gasteiger partial charge in [-0.1, -0.05) is 36.8 Å². The fourth-order valence-electron chi connectivity index (χ4n) is 4.20. The van der Waals surface area contributed by atoms with Gasteiger partial charge in [-0.05, 0) is 35.8 Å². The Kier molecular flexibility index (Phi) is 4.15. The Hall–Kier alpha value is -1.70. The molecule has 1 aliphatic carbocycles. The molecule has 0 bridgehead atoms. The largest absolute Gasteiger partial charge is 0.340 e. The summed E-state index contributed by atoms with van der Waals surface area (Å²) in [4.78, 5) is 4.54. The molecule has 0 aliphatic heterocycles. The molecule has 2 aromatic carbocycles. The molecule has 0 N–H and O–H groups in total. The number of pyridine rings is 1. The SMILES string of the molecule is [Ir].[c-]1cccc2c1c1nccn1c1ccc(C3CCCCC3)cc21. The first-order valence-electron chi connectivity index (χ1n) is 8.61. The molecule has 5 rings (SSSR count). The number of imidazole rings is 1. The summed E-state index contributed by atoms with van der Waals surface area (Å²) in [6.45, 7) is 0. The van der Waals surface area contributed by atoms with Gasteiger partial charge in [-0.15, -0.1) is 29.7 Å². The van der Waals surface area contributed by atoms with Crippen LogP contribution in [0.15, 0.2) is 48.8 Å². The summed E-state index contributed by atoms with van der Waals surface area (Å²) in [7, 11) is 0. The molecule has 2 aromatic heterocycles. The molecule has 1 radical (unpaired) electrons. The smallest absolute Gasteiger partial charge is 0.0608 e. The number of benzene rings is 2. The summed E-state index contributed by atoms with van der Waals surface area (Å²) in [5.74, 6) is 0.731. The summed E-state index contributed by atoms with van der Waals surface area (Å²) in [5.41, 5.74) is 3.74. The molecule has 3 heteroatoms. The second-order valence-corrected chi connectivity index (χ2v) is 6.69. The van der Waals surface area contributed by atoms with Crippen molar-refractivity contribution >= 4 is 27.3 Å². The van der Waals surface area contributed by atoms with E-state index < -0.39 is 0 Å². The molecule has 1 aliphatic rings. The molecule has 2 nitrogen and oxygen atoms in total. The third-order valence-electron chi connectivity index (χ3n) is 5.37. The van der Waals surface area contributed by atoms with Crippen molar-refractivity contribution in [3.8, 4) is 0 Å². The molecule has 1 fully saturated rings. The average molecular weight is 492 g/mol. The zero-order valence-corrected chi connectivity index (χ0v) is 15.9. The first-order valence-corrected chi connectivity index (χ1v) is 8.61. The van der Waals surface area contributed by atoms with Crippen LogP contribution in [0.25, 0.3) is 27.3 Å². The molecule has 24 heavy (non-hydrogen) atoms. The number of aromatic nitrogens is 2. The van der Waals surface area contributed by atoms with E-state index in [0.29, 0.717) is 0 Å². The summed E-state index contributed by atoms with van der Waals surface area (Å²) in [5, 5.41) is 3.70. The molecule has 0 amide bonds. The van der Waals surface area contributed by atoms with Crippen LogP contribution in [0.3, 0.4) is 0 Å². The number of hydrogen-bond donors (Lipinski definition) is 0. The quantitative estimate of drug-likeness (QED) is 0.254. The van der Waals surface area contributed by atoms with Gasteiger partial charge in [-0.2, -0.15) is 0 Å². The van der Waals surface area contributed by atoms with Crippen LogP contribution in [-0.2, 0) is 20.1 Å². The van der Waals surface area contributed by atoms with Crippen LogP contribution in [0.4, 0.5) is 0 Å². The molecular weight excluding hydrogens is 472 g/mol. The van der Waals surface area contributed by atoms with Crippen LogP contribution in [0, 0.1) is 6.07 Å². The first-order chi connectivity index (χ1) is 11.4. The number of rotatable bonds is 1. The maximum absolute atomic E-state index is 4.54. The van der Waals surface area contributed by atoms with Crippen LogP contribution < -0.4 is 0 Å². The van der Waals surface area contributed by atoms with Gasteiger partial charge in [0.25, 0.3) is 0 Å². The predicted molar refractivity (Wildman–Crippen MR) is 94.9 cm³/mol. The van der Waals surface area contributed by atoms with Crippen molar-refractivity contribution in [2.45, 2.75) is 38.0 Å². The monoisotopic (exact) mass is 492 g/mol. The fourth-order valence-corrected chi connectivity index (χ4v) is 4.20. The van der Waals surface area contributed by atoms with Crippen molar-refractivity contribution in [2.75, 3.05) is 0 Å². The fraction of sp³-hybridized carbons (Fsp3) is 0.286. The van der Waals surface area contributed by atoms with Gasteiger partial charge in [0.2, 0.25) is 0 Å². The van der Waals surface area contributed by atoms with Crippen LogP contribution in [-0.4, -0.2) is 9.38 Å². The van der Waals surface area contributed by atoms with Crippen LogP contribution >= 0.6 is 0 Å². The molecule has 0 saturated heterocycles. The van der Waals surface area contributed by atoms with E-state index in [2.05, 4.69) is 52.0 Å². The summed E-state index contributed by atoms with van der Waals surface area (Å²) in [6, 6.07) is 16.7. The Bertz CT molecular complexity index is 1010. The zero-order chi connectivity index (χ0) is 15.2. The van der Waals surface area contributed by atoms with E-state index in [-0.39, 0.29) is 20.1 Å². The minimum absolute atomic E-state index is 0. The number of nitrogens with zero attached hydrogens (tertiary/aromatic N) is 2. The van der Waals surface area contributed by atoms with Crippen molar-refractivity contribution in [1.82, 2.24) is 9.38 Å². The number of fused-ring (bicyclic) bond motifs is 6. The second kappa shape index (κ2) is 6.31. The Balaban J connectivity index is 0.00000146. The first kappa shape index (κ1) is 15.8. The van der Waals surface area contributed by atoms with Gasteiger partial charge in [-0.3, -0.25) is 4.98 Å². The Morgan fingerprint density at radius 1 is 1.04 bits per heavy atom.